The number of hydrogen-bond acceptors (Lipinski definition) is 6. The molecule has 0 fully saturated rings. The lowest BCUT2D eigenvalue weighted by Gasteiger charge is -2.08. The van der Waals surface area contributed by atoms with Crippen molar-refractivity contribution in [1.82, 2.24) is 0 Å². The maximum Gasteiger partial charge on any atom is 0.311 e. The molecule has 2 aromatic carbocycles. The van der Waals surface area contributed by atoms with Gasteiger partial charge in [-0.3, -0.25) is 20.3 Å². The van der Waals surface area contributed by atoms with Gasteiger partial charge in [-0.15, -0.1) is 0 Å². The molecule has 2 aromatic rings. The van der Waals surface area contributed by atoms with Crippen molar-refractivity contribution < 1.29 is 14.5 Å². The van der Waals surface area contributed by atoms with Crippen LogP contribution in [-0.4, -0.2) is 23.2 Å². The average molecular weight is 362 g/mol. The maximum atomic E-state index is 11.8. The standard InChI is InChI=1S/C17H16ClN3O4/c1-2-25-17(22)11-15(12-6-4-3-5-7-12)20-19-14-9-8-13(18)10-16(14)21(23)24/h3-10,19H,2,11H2,1H3/b20-15-. The van der Waals surface area contributed by atoms with E-state index in [2.05, 4.69) is 10.5 Å². The number of rotatable bonds is 7. The summed E-state index contributed by atoms with van der Waals surface area (Å²) in [5.74, 6) is -0.433. The molecule has 25 heavy (non-hydrogen) atoms. The van der Waals surface area contributed by atoms with E-state index in [1.54, 1.807) is 31.2 Å². The van der Waals surface area contributed by atoms with Crippen LogP contribution in [-0.2, 0) is 9.53 Å². The summed E-state index contributed by atoms with van der Waals surface area (Å²) < 4.78 is 4.95. The van der Waals surface area contributed by atoms with Gasteiger partial charge in [0.2, 0.25) is 0 Å². The summed E-state index contributed by atoms with van der Waals surface area (Å²) in [6, 6.07) is 13.2. The number of esters is 1. The predicted molar refractivity (Wildman–Crippen MR) is 96.0 cm³/mol. The quantitative estimate of drug-likeness (QED) is 0.348. The zero-order valence-electron chi connectivity index (χ0n) is 13.4. The number of carbonyl (C=O) groups is 1. The van der Waals surface area contributed by atoms with Crippen LogP contribution < -0.4 is 5.43 Å². The lowest BCUT2D eigenvalue weighted by molar-refractivity contribution is -0.383. The van der Waals surface area contributed by atoms with Crippen LogP contribution in [0.15, 0.2) is 53.6 Å². The Kier molecular flexibility index (Phi) is 6.47. The van der Waals surface area contributed by atoms with E-state index in [0.717, 1.165) is 0 Å². The van der Waals surface area contributed by atoms with Crippen molar-refractivity contribution in [3.8, 4) is 0 Å². The van der Waals surface area contributed by atoms with Gasteiger partial charge in [0.1, 0.15) is 5.69 Å². The fourth-order valence-electron chi connectivity index (χ4n) is 2.06. The molecule has 0 unspecified atom stereocenters. The van der Waals surface area contributed by atoms with Crippen LogP contribution in [0.1, 0.15) is 18.9 Å². The number of nitro benzene ring substituents is 1. The molecular formula is C17H16ClN3O4. The summed E-state index contributed by atoms with van der Waals surface area (Å²) in [4.78, 5) is 22.4. The molecule has 7 nitrogen and oxygen atoms in total. The van der Waals surface area contributed by atoms with E-state index in [9.17, 15) is 14.9 Å². The van der Waals surface area contributed by atoms with Crippen LogP contribution in [0.25, 0.3) is 0 Å². The first kappa shape index (κ1) is 18.4. The minimum atomic E-state index is -0.558. The summed E-state index contributed by atoms with van der Waals surface area (Å²) in [7, 11) is 0. The highest BCUT2D eigenvalue weighted by molar-refractivity contribution is 6.30. The fraction of sp³-hybridized carbons (Fsp3) is 0.176. The molecule has 0 amide bonds. The highest BCUT2D eigenvalue weighted by Crippen LogP contribution is 2.27. The number of halogens is 1. The number of nitrogens with zero attached hydrogens (tertiary/aromatic N) is 2. The van der Waals surface area contributed by atoms with Gasteiger partial charge >= 0.3 is 5.97 Å². The Labute approximate surface area is 149 Å². The second-order valence-corrected chi connectivity index (χ2v) is 5.37. The third kappa shape index (κ3) is 5.29. The van der Waals surface area contributed by atoms with Gasteiger partial charge in [-0.1, -0.05) is 41.9 Å². The number of nitrogens with one attached hydrogen (secondary N) is 1. The van der Waals surface area contributed by atoms with Crippen LogP contribution in [0.3, 0.4) is 0 Å². The fourth-order valence-corrected chi connectivity index (χ4v) is 2.23. The lowest BCUT2D eigenvalue weighted by Crippen LogP contribution is -2.14. The number of hydrogen-bond donors (Lipinski definition) is 1. The highest BCUT2D eigenvalue weighted by Gasteiger charge is 2.15. The van der Waals surface area contributed by atoms with Crippen LogP contribution in [0, 0.1) is 10.1 Å². The molecule has 8 heteroatoms. The first-order valence-corrected chi connectivity index (χ1v) is 7.86. The molecule has 0 aliphatic heterocycles. The summed E-state index contributed by atoms with van der Waals surface area (Å²) in [6.45, 7) is 1.98. The second-order valence-electron chi connectivity index (χ2n) is 4.94. The van der Waals surface area contributed by atoms with Crippen molar-refractivity contribution in [2.24, 2.45) is 5.10 Å². The molecule has 0 aliphatic rings. The van der Waals surface area contributed by atoms with Crippen molar-refractivity contribution in [2.45, 2.75) is 13.3 Å². The predicted octanol–water partition coefficient (Wildman–Crippen LogP) is 4.02. The molecule has 0 spiro atoms. The van der Waals surface area contributed by atoms with Gasteiger partial charge in [-0.25, -0.2) is 0 Å². The normalized spacial score (nSPS) is 11.0. The Morgan fingerprint density at radius 2 is 2.00 bits per heavy atom. The zero-order chi connectivity index (χ0) is 18.2. The van der Waals surface area contributed by atoms with Crippen molar-refractivity contribution >= 4 is 34.7 Å². The Hall–Kier alpha value is -2.93. The molecule has 0 saturated heterocycles. The van der Waals surface area contributed by atoms with Gasteiger partial charge in [0.25, 0.3) is 5.69 Å². The minimum Gasteiger partial charge on any atom is -0.466 e. The van der Waals surface area contributed by atoms with Crippen LogP contribution in [0.4, 0.5) is 11.4 Å². The van der Waals surface area contributed by atoms with E-state index in [-0.39, 0.29) is 29.4 Å². The van der Waals surface area contributed by atoms with Gasteiger partial charge in [-0.2, -0.15) is 5.10 Å². The number of ether oxygens (including phenoxy) is 1. The van der Waals surface area contributed by atoms with E-state index >= 15 is 0 Å². The molecule has 0 aliphatic carbocycles. The largest absolute Gasteiger partial charge is 0.466 e. The second kappa shape index (κ2) is 8.79. The van der Waals surface area contributed by atoms with Gasteiger partial charge in [0, 0.05) is 11.1 Å². The average Bonchev–Trinajstić information content (AvgIpc) is 2.60. The molecule has 0 saturated carbocycles. The maximum absolute atomic E-state index is 11.8. The smallest absolute Gasteiger partial charge is 0.311 e. The molecule has 1 N–H and O–H groups in total. The molecule has 0 heterocycles. The summed E-state index contributed by atoms with van der Waals surface area (Å²) >= 11 is 5.79. The molecule has 130 valence electrons. The van der Waals surface area contributed by atoms with Gasteiger partial charge in [-0.05, 0) is 24.6 Å². The first-order chi connectivity index (χ1) is 12.0. The first-order valence-electron chi connectivity index (χ1n) is 7.48. The van der Waals surface area contributed by atoms with E-state index in [4.69, 9.17) is 16.3 Å². The summed E-state index contributed by atoms with van der Waals surface area (Å²) in [5, 5.41) is 15.6. The third-order valence-electron chi connectivity index (χ3n) is 3.19. The highest BCUT2D eigenvalue weighted by atomic mass is 35.5. The monoisotopic (exact) mass is 361 g/mol. The SMILES string of the molecule is CCOC(=O)C/C(=N/Nc1ccc(Cl)cc1[N+](=O)[O-])c1ccccc1. The number of benzene rings is 2. The number of anilines is 1. The Morgan fingerprint density at radius 1 is 1.28 bits per heavy atom. The number of nitro groups is 1. The molecule has 0 aromatic heterocycles. The van der Waals surface area contributed by atoms with Crippen LogP contribution in [0.2, 0.25) is 5.02 Å². The molecule has 0 radical (unpaired) electrons. The van der Waals surface area contributed by atoms with Crippen molar-refractivity contribution in [2.75, 3.05) is 12.0 Å². The van der Waals surface area contributed by atoms with Gasteiger partial charge in [0.05, 0.1) is 23.7 Å². The summed E-state index contributed by atoms with van der Waals surface area (Å²) in [6.07, 6.45) is -0.0633. The zero-order valence-corrected chi connectivity index (χ0v) is 14.2. The van der Waals surface area contributed by atoms with Crippen molar-refractivity contribution in [3.05, 3.63) is 69.2 Å². The molecule has 2 rings (SSSR count). The lowest BCUT2D eigenvalue weighted by atomic mass is 10.1. The van der Waals surface area contributed by atoms with E-state index in [1.807, 2.05) is 6.07 Å². The van der Waals surface area contributed by atoms with Gasteiger partial charge in [0.15, 0.2) is 0 Å². The Morgan fingerprint density at radius 3 is 2.64 bits per heavy atom. The number of hydrazone groups is 1. The summed E-state index contributed by atoms with van der Waals surface area (Å²) in [5.41, 5.74) is 3.73. The topological polar surface area (TPSA) is 93.8 Å². The van der Waals surface area contributed by atoms with E-state index < -0.39 is 10.9 Å². The molecule has 0 atom stereocenters. The van der Waals surface area contributed by atoms with Crippen molar-refractivity contribution in [1.29, 1.82) is 0 Å². The Balaban J connectivity index is 2.32. The van der Waals surface area contributed by atoms with Crippen LogP contribution >= 0.6 is 11.6 Å². The number of carbonyl (C=O) groups excluding carboxylic acids is 1. The van der Waals surface area contributed by atoms with E-state index in [0.29, 0.717) is 11.3 Å². The third-order valence-corrected chi connectivity index (χ3v) is 3.43. The van der Waals surface area contributed by atoms with Crippen LogP contribution in [0.5, 0.6) is 0 Å². The molecular weight excluding hydrogens is 346 g/mol. The minimum absolute atomic E-state index is 0.0633. The van der Waals surface area contributed by atoms with Crippen molar-refractivity contribution in [3.63, 3.8) is 0 Å². The van der Waals surface area contributed by atoms with E-state index in [1.165, 1.54) is 18.2 Å². The Bertz CT molecular complexity index is 794. The molecule has 0 bridgehead atoms. The van der Waals surface area contributed by atoms with Gasteiger partial charge < -0.3 is 4.74 Å².